The number of anilines is 2. The molecule has 8 nitrogen and oxygen atoms in total. The Bertz CT molecular complexity index is 941. The van der Waals surface area contributed by atoms with Gasteiger partial charge in [0.15, 0.2) is 11.5 Å². The fraction of sp³-hybridized carbons (Fsp3) is 0.435. The van der Waals surface area contributed by atoms with Crippen molar-refractivity contribution in [2.45, 2.75) is 26.2 Å². The number of carbonyl (C=O) groups excluding carboxylic acids is 2. The number of nitrogens with one attached hydrogen (secondary N) is 2. The van der Waals surface area contributed by atoms with Crippen LogP contribution in [0.2, 0.25) is 0 Å². The predicted octanol–water partition coefficient (Wildman–Crippen LogP) is 2.84. The first kappa shape index (κ1) is 21.1. The zero-order valence-electron chi connectivity index (χ0n) is 17.7. The van der Waals surface area contributed by atoms with E-state index in [1.807, 2.05) is 31.2 Å². The van der Waals surface area contributed by atoms with Crippen LogP contribution < -0.4 is 20.1 Å². The zero-order valence-corrected chi connectivity index (χ0v) is 17.7. The second kappa shape index (κ2) is 9.78. The van der Waals surface area contributed by atoms with Crippen molar-refractivity contribution in [2.24, 2.45) is 5.92 Å². The Kier molecular flexibility index (Phi) is 6.66. The van der Waals surface area contributed by atoms with Crippen molar-refractivity contribution in [3.05, 3.63) is 42.1 Å². The number of ether oxygens (including phenoxy) is 2. The van der Waals surface area contributed by atoms with E-state index in [0.717, 1.165) is 24.8 Å². The number of hydrogen-bond donors (Lipinski definition) is 2. The van der Waals surface area contributed by atoms with Gasteiger partial charge < -0.3 is 20.1 Å². The molecule has 1 aromatic carbocycles. The normalized spacial score (nSPS) is 16.9. The van der Waals surface area contributed by atoms with Gasteiger partial charge in [0, 0.05) is 30.3 Å². The molecule has 0 spiro atoms. The summed E-state index contributed by atoms with van der Waals surface area (Å²) in [6.07, 6.45) is 3.96. The summed E-state index contributed by atoms with van der Waals surface area (Å²) in [4.78, 5) is 31.3. The number of fused-ring (bicyclic) bond motifs is 1. The molecule has 0 bridgehead atoms. The SMILES string of the molecule is Cc1ccnc(NC(=O)C2CCN(CC(=O)Nc3ccc4c(c3)OCCCO4)CC2)c1. The van der Waals surface area contributed by atoms with Gasteiger partial charge >= 0.3 is 0 Å². The van der Waals surface area contributed by atoms with Gasteiger partial charge in [-0.25, -0.2) is 4.98 Å². The first-order chi connectivity index (χ1) is 15.1. The number of likely N-dealkylation sites (tertiary alicyclic amines) is 1. The van der Waals surface area contributed by atoms with E-state index in [2.05, 4.69) is 20.5 Å². The second-order valence-corrected chi connectivity index (χ2v) is 8.02. The molecule has 0 atom stereocenters. The third-order valence-corrected chi connectivity index (χ3v) is 5.52. The summed E-state index contributed by atoms with van der Waals surface area (Å²) in [6, 6.07) is 9.20. The van der Waals surface area contributed by atoms with E-state index in [1.165, 1.54) is 0 Å². The van der Waals surface area contributed by atoms with Crippen molar-refractivity contribution < 1.29 is 19.1 Å². The number of nitrogens with zero attached hydrogens (tertiary/aromatic N) is 2. The van der Waals surface area contributed by atoms with Crippen molar-refractivity contribution >= 4 is 23.3 Å². The predicted molar refractivity (Wildman–Crippen MR) is 117 cm³/mol. The summed E-state index contributed by atoms with van der Waals surface area (Å²) in [6.45, 7) is 4.90. The number of aryl methyl sites for hydroxylation is 1. The van der Waals surface area contributed by atoms with Crippen molar-refractivity contribution in [1.29, 1.82) is 0 Å². The Balaban J connectivity index is 1.24. The van der Waals surface area contributed by atoms with Gasteiger partial charge in [-0.1, -0.05) is 0 Å². The molecule has 31 heavy (non-hydrogen) atoms. The molecule has 2 N–H and O–H groups in total. The van der Waals surface area contributed by atoms with Gasteiger partial charge in [-0.2, -0.15) is 0 Å². The fourth-order valence-corrected chi connectivity index (χ4v) is 3.83. The van der Waals surface area contributed by atoms with Crippen molar-refractivity contribution in [1.82, 2.24) is 9.88 Å². The van der Waals surface area contributed by atoms with E-state index in [9.17, 15) is 9.59 Å². The van der Waals surface area contributed by atoms with Gasteiger partial charge in [0.05, 0.1) is 19.8 Å². The van der Waals surface area contributed by atoms with E-state index in [0.29, 0.717) is 55.9 Å². The molecule has 2 aliphatic heterocycles. The molecule has 0 radical (unpaired) electrons. The van der Waals surface area contributed by atoms with Crippen molar-refractivity contribution in [3.63, 3.8) is 0 Å². The summed E-state index contributed by atoms with van der Waals surface area (Å²) >= 11 is 0. The smallest absolute Gasteiger partial charge is 0.238 e. The molecule has 4 rings (SSSR count). The van der Waals surface area contributed by atoms with Crippen LogP contribution in [-0.2, 0) is 9.59 Å². The average Bonchev–Trinajstić information content (AvgIpc) is 2.99. The van der Waals surface area contributed by atoms with E-state index >= 15 is 0 Å². The molecule has 2 aromatic rings. The third kappa shape index (κ3) is 5.73. The lowest BCUT2D eigenvalue weighted by molar-refractivity contribution is -0.121. The lowest BCUT2D eigenvalue weighted by atomic mass is 9.96. The fourth-order valence-electron chi connectivity index (χ4n) is 3.83. The highest BCUT2D eigenvalue weighted by Gasteiger charge is 2.26. The van der Waals surface area contributed by atoms with Crippen LogP contribution in [0.25, 0.3) is 0 Å². The van der Waals surface area contributed by atoms with Crippen LogP contribution in [0.4, 0.5) is 11.5 Å². The minimum atomic E-state index is -0.0821. The average molecular weight is 425 g/mol. The van der Waals surface area contributed by atoms with Crippen LogP contribution in [0.15, 0.2) is 36.5 Å². The van der Waals surface area contributed by atoms with Gasteiger partial charge in [-0.3, -0.25) is 14.5 Å². The number of pyridine rings is 1. The number of carbonyl (C=O) groups is 2. The monoisotopic (exact) mass is 424 g/mol. The van der Waals surface area contributed by atoms with E-state index in [-0.39, 0.29) is 17.7 Å². The molecule has 2 aliphatic rings. The largest absolute Gasteiger partial charge is 0.490 e. The lowest BCUT2D eigenvalue weighted by Crippen LogP contribution is -2.41. The Morgan fingerprint density at radius 3 is 2.61 bits per heavy atom. The maximum atomic E-state index is 12.5. The highest BCUT2D eigenvalue weighted by atomic mass is 16.5. The van der Waals surface area contributed by atoms with Gasteiger partial charge in [0.2, 0.25) is 11.8 Å². The Hall–Kier alpha value is -3.13. The third-order valence-electron chi connectivity index (χ3n) is 5.52. The molecule has 0 aliphatic carbocycles. The molecule has 3 heterocycles. The molecule has 1 fully saturated rings. The van der Waals surface area contributed by atoms with E-state index in [1.54, 1.807) is 12.3 Å². The van der Waals surface area contributed by atoms with Gasteiger partial charge in [0.25, 0.3) is 0 Å². The lowest BCUT2D eigenvalue weighted by Gasteiger charge is -2.30. The molecular formula is C23H28N4O4. The molecule has 2 amide bonds. The minimum absolute atomic E-state index is 0.00519. The Morgan fingerprint density at radius 1 is 1.06 bits per heavy atom. The minimum Gasteiger partial charge on any atom is -0.490 e. The molecule has 0 unspecified atom stereocenters. The zero-order chi connectivity index (χ0) is 21.6. The van der Waals surface area contributed by atoms with Crippen molar-refractivity contribution in [3.8, 4) is 11.5 Å². The second-order valence-electron chi connectivity index (χ2n) is 8.02. The summed E-state index contributed by atoms with van der Waals surface area (Å²) < 4.78 is 11.3. The summed E-state index contributed by atoms with van der Waals surface area (Å²) in [5.74, 6) is 1.79. The first-order valence-corrected chi connectivity index (χ1v) is 10.7. The van der Waals surface area contributed by atoms with Gasteiger partial charge in [-0.05, 0) is 62.7 Å². The maximum Gasteiger partial charge on any atom is 0.238 e. The molecule has 164 valence electrons. The standard InChI is InChI=1S/C23H28N4O4/c1-16-5-8-24-21(13-16)26-23(29)17-6-9-27(10-7-17)15-22(28)25-18-3-4-19-20(14-18)31-12-2-11-30-19/h3-5,8,13-14,17H,2,6-7,9-12,15H2,1H3,(H,25,28)(H,24,26,29). The molecular weight excluding hydrogens is 396 g/mol. The summed E-state index contributed by atoms with van der Waals surface area (Å²) in [5.41, 5.74) is 1.74. The van der Waals surface area contributed by atoms with Crippen LogP contribution in [0, 0.1) is 12.8 Å². The topological polar surface area (TPSA) is 92.8 Å². The van der Waals surface area contributed by atoms with Crippen molar-refractivity contribution in [2.75, 3.05) is 43.5 Å². The van der Waals surface area contributed by atoms with Gasteiger partial charge in [0.1, 0.15) is 5.82 Å². The van der Waals surface area contributed by atoms with Gasteiger partial charge in [-0.15, -0.1) is 0 Å². The maximum absolute atomic E-state index is 12.5. The Morgan fingerprint density at radius 2 is 1.84 bits per heavy atom. The van der Waals surface area contributed by atoms with Crippen LogP contribution in [-0.4, -0.2) is 54.5 Å². The van der Waals surface area contributed by atoms with E-state index in [4.69, 9.17) is 9.47 Å². The van der Waals surface area contributed by atoms with E-state index < -0.39 is 0 Å². The van der Waals surface area contributed by atoms with Crippen LogP contribution in [0.1, 0.15) is 24.8 Å². The van der Waals surface area contributed by atoms with Crippen LogP contribution in [0.5, 0.6) is 11.5 Å². The Labute approximate surface area is 181 Å². The number of aromatic nitrogens is 1. The number of piperidine rings is 1. The number of hydrogen-bond acceptors (Lipinski definition) is 6. The molecule has 1 saturated heterocycles. The first-order valence-electron chi connectivity index (χ1n) is 10.7. The summed E-state index contributed by atoms with van der Waals surface area (Å²) in [5, 5.41) is 5.83. The van der Waals surface area contributed by atoms with Crippen LogP contribution >= 0.6 is 0 Å². The van der Waals surface area contributed by atoms with Crippen LogP contribution in [0.3, 0.4) is 0 Å². The number of amides is 2. The quantitative estimate of drug-likeness (QED) is 0.767. The summed E-state index contributed by atoms with van der Waals surface area (Å²) in [7, 11) is 0. The highest BCUT2D eigenvalue weighted by Crippen LogP contribution is 2.32. The highest BCUT2D eigenvalue weighted by molar-refractivity contribution is 5.93. The molecule has 8 heteroatoms. The molecule has 0 saturated carbocycles. The molecule has 1 aromatic heterocycles. The number of benzene rings is 1. The number of rotatable bonds is 5.